The second kappa shape index (κ2) is 17.8. The van der Waals surface area contributed by atoms with Gasteiger partial charge in [-0.25, -0.2) is 4.79 Å². The molecule has 0 fully saturated rings. The molecule has 1 atom stereocenters. The summed E-state index contributed by atoms with van der Waals surface area (Å²) in [6, 6.07) is 21.5. The van der Waals surface area contributed by atoms with Crippen LogP contribution in [0.4, 0.5) is 0 Å². The number of unbranched alkanes of at least 4 members (excludes halogenated alkanes) is 7. The fraction of sp³-hybridized carbons (Fsp3) is 0.417. The van der Waals surface area contributed by atoms with Gasteiger partial charge < -0.3 is 14.2 Å². The van der Waals surface area contributed by atoms with E-state index in [2.05, 4.69) is 13.8 Å². The van der Waals surface area contributed by atoms with Crippen molar-refractivity contribution >= 4 is 17.7 Å². The molecule has 6 heteroatoms. The molecule has 1 unspecified atom stereocenters. The van der Waals surface area contributed by atoms with Crippen LogP contribution in [0.3, 0.4) is 0 Å². The van der Waals surface area contributed by atoms with Crippen LogP contribution in [0.25, 0.3) is 11.1 Å². The molecule has 3 rings (SSSR count). The molecule has 3 aromatic carbocycles. The largest absolute Gasteiger partial charge is 0.494 e. The van der Waals surface area contributed by atoms with Crippen LogP contribution in [-0.4, -0.2) is 30.4 Å². The molecule has 0 aliphatic rings. The number of benzene rings is 3. The summed E-state index contributed by atoms with van der Waals surface area (Å²) >= 11 is 0. The molecule has 0 heterocycles. The van der Waals surface area contributed by atoms with Crippen LogP contribution in [0, 0.1) is 0 Å². The number of esters is 2. The zero-order valence-electron chi connectivity index (χ0n) is 25.2. The summed E-state index contributed by atoms with van der Waals surface area (Å²) in [6.45, 7) is 6.58. The average Bonchev–Trinajstić information content (AvgIpc) is 3.01. The van der Waals surface area contributed by atoms with Crippen molar-refractivity contribution in [3.8, 4) is 22.6 Å². The smallest absolute Gasteiger partial charge is 0.343 e. The minimum atomic E-state index is -0.875. The fourth-order valence-corrected chi connectivity index (χ4v) is 4.53. The lowest BCUT2D eigenvalue weighted by Gasteiger charge is -2.13. The van der Waals surface area contributed by atoms with Gasteiger partial charge in [-0.05, 0) is 79.4 Å². The molecule has 0 saturated heterocycles. The summed E-state index contributed by atoms with van der Waals surface area (Å²) in [6.07, 6.45) is 9.55. The van der Waals surface area contributed by atoms with Gasteiger partial charge in [-0.15, -0.1) is 0 Å². The minimum absolute atomic E-state index is 0.301. The Hall–Kier alpha value is -3.93. The predicted octanol–water partition coefficient (Wildman–Crippen LogP) is 9.01. The molecule has 6 nitrogen and oxygen atoms in total. The zero-order chi connectivity index (χ0) is 30.2. The highest BCUT2D eigenvalue weighted by Gasteiger charge is 2.19. The van der Waals surface area contributed by atoms with Crippen molar-refractivity contribution in [2.75, 3.05) is 6.61 Å². The molecule has 0 amide bonds. The maximum absolute atomic E-state index is 12.7. The third kappa shape index (κ3) is 10.8. The fourth-order valence-electron chi connectivity index (χ4n) is 4.53. The molecule has 0 saturated carbocycles. The predicted molar refractivity (Wildman–Crippen MR) is 166 cm³/mol. The monoisotopic (exact) mass is 572 g/mol. The lowest BCUT2D eigenvalue weighted by Crippen LogP contribution is -2.24. The summed E-state index contributed by atoms with van der Waals surface area (Å²) in [7, 11) is 0. The van der Waals surface area contributed by atoms with Crippen molar-refractivity contribution in [1.82, 2.24) is 0 Å². The topological polar surface area (TPSA) is 78.9 Å². The Labute approximate surface area is 250 Å². The number of hydrogen-bond acceptors (Lipinski definition) is 6. The molecule has 0 aliphatic heterocycles. The minimum Gasteiger partial charge on any atom is -0.494 e. The van der Waals surface area contributed by atoms with Crippen LogP contribution >= 0.6 is 0 Å². The van der Waals surface area contributed by atoms with Gasteiger partial charge in [-0.1, -0.05) is 83.1 Å². The molecule has 0 N–H and O–H groups in total. The quantitative estimate of drug-likeness (QED) is 0.0655. The van der Waals surface area contributed by atoms with Crippen molar-refractivity contribution in [1.29, 1.82) is 0 Å². The van der Waals surface area contributed by atoms with E-state index in [1.807, 2.05) is 36.4 Å². The third-order valence-electron chi connectivity index (χ3n) is 7.09. The van der Waals surface area contributed by atoms with Gasteiger partial charge in [0.2, 0.25) is 5.78 Å². The van der Waals surface area contributed by atoms with Gasteiger partial charge in [0.1, 0.15) is 11.5 Å². The standard InChI is InChI=1S/C36H44O6/c1-4-6-8-9-10-12-26-40-32-22-18-29(19-23-32)28-14-16-31(17-15-28)36(39)42-33-24-20-30(21-25-33)35(38)27(3)41-34(37)13-11-7-5-2/h14-25,27H,4-13,26H2,1-3H3. The van der Waals surface area contributed by atoms with Crippen molar-refractivity contribution in [2.45, 2.75) is 91.1 Å². The SMILES string of the molecule is CCCCCCCCOc1ccc(-c2ccc(C(=O)Oc3ccc(C(=O)C(C)OC(=O)CCCCC)cc3)cc2)cc1. The van der Waals surface area contributed by atoms with Crippen molar-refractivity contribution in [3.63, 3.8) is 0 Å². The molecule has 42 heavy (non-hydrogen) atoms. The first-order valence-corrected chi connectivity index (χ1v) is 15.3. The molecule has 0 aliphatic carbocycles. The van der Waals surface area contributed by atoms with Crippen LogP contribution in [0.15, 0.2) is 72.8 Å². The number of ether oxygens (including phenoxy) is 3. The van der Waals surface area contributed by atoms with E-state index in [0.29, 0.717) is 23.3 Å². The van der Waals surface area contributed by atoms with Gasteiger partial charge in [0.15, 0.2) is 6.10 Å². The normalized spacial score (nSPS) is 11.5. The summed E-state index contributed by atoms with van der Waals surface area (Å²) in [5.74, 6) is 0.0170. The summed E-state index contributed by atoms with van der Waals surface area (Å²) in [4.78, 5) is 37.3. The Morgan fingerprint density at radius 2 is 1.14 bits per heavy atom. The van der Waals surface area contributed by atoms with Gasteiger partial charge in [-0.3, -0.25) is 9.59 Å². The molecule has 0 spiro atoms. The number of rotatable bonds is 18. The van der Waals surface area contributed by atoms with Crippen molar-refractivity contribution < 1.29 is 28.6 Å². The highest BCUT2D eigenvalue weighted by atomic mass is 16.5. The van der Waals surface area contributed by atoms with Gasteiger partial charge >= 0.3 is 11.9 Å². The highest BCUT2D eigenvalue weighted by molar-refractivity contribution is 6.00. The summed E-state index contributed by atoms with van der Waals surface area (Å²) in [5.41, 5.74) is 2.81. The third-order valence-corrected chi connectivity index (χ3v) is 7.09. The van der Waals surface area contributed by atoms with E-state index in [1.54, 1.807) is 43.3 Å². The van der Waals surface area contributed by atoms with E-state index in [4.69, 9.17) is 14.2 Å². The molecule has 3 aromatic rings. The second-order valence-electron chi connectivity index (χ2n) is 10.6. The van der Waals surface area contributed by atoms with Gasteiger partial charge in [0.05, 0.1) is 12.2 Å². The van der Waals surface area contributed by atoms with E-state index in [1.165, 1.54) is 32.1 Å². The zero-order valence-corrected chi connectivity index (χ0v) is 25.2. The molecular formula is C36H44O6. The van der Waals surface area contributed by atoms with Crippen LogP contribution in [0.2, 0.25) is 0 Å². The first kappa shape index (κ1) is 32.6. The lowest BCUT2D eigenvalue weighted by atomic mass is 10.0. The number of Topliss-reactive ketones (excluding diaryl/α,β-unsaturated/α-hetero) is 1. The maximum atomic E-state index is 12.7. The van der Waals surface area contributed by atoms with Gasteiger partial charge in [0, 0.05) is 12.0 Å². The first-order chi connectivity index (χ1) is 20.4. The van der Waals surface area contributed by atoms with Crippen LogP contribution < -0.4 is 9.47 Å². The Morgan fingerprint density at radius 3 is 1.79 bits per heavy atom. The maximum Gasteiger partial charge on any atom is 0.343 e. The Balaban J connectivity index is 1.46. The van der Waals surface area contributed by atoms with Gasteiger partial charge in [0.25, 0.3) is 0 Å². The lowest BCUT2D eigenvalue weighted by molar-refractivity contribution is -0.146. The first-order valence-electron chi connectivity index (χ1n) is 15.3. The van der Waals surface area contributed by atoms with E-state index in [0.717, 1.165) is 49.2 Å². The molecular weight excluding hydrogens is 528 g/mol. The average molecular weight is 573 g/mol. The van der Waals surface area contributed by atoms with Crippen LogP contribution in [0.1, 0.15) is 106 Å². The number of carbonyl (C=O) groups excluding carboxylic acids is 3. The number of carbonyl (C=O) groups is 3. The Kier molecular flexibility index (Phi) is 13.8. The molecule has 0 bridgehead atoms. The van der Waals surface area contributed by atoms with E-state index >= 15 is 0 Å². The number of ketones is 1. The molecule has 0 radical (unpaired) electrons. The van der Waals surface area contributed by atoms with E-state index in [9.17, 15) is 14.4 Å². The Bertz CT molecular complexity index is 1250. The van der Waals surface area contributed by atoms with Crippen molar-refractivity contribution in [2.24, 2.45) is 0 Å². The Morgan fingerprint density at radius 1 is 0.619 bits per heavy atom. The second-order valence-corrected chi connectivity index (χ2v) is 10.6. The summed E-state index contributed by atoms with van der Waals surface area (Å²) < 4.78 is 16.6. The van der Waals surface area contributed by atoms with E-state index < -0.39 is 12.1 Å². The van der Waals surface area contributed by atoms with Crippen LogP contribution in [-0.2, 0) is 9.53 Å². The molecule has 0 aromatic heterocycles. The molecule has 224 valence electrons. The highest BCUT2D eigenvalue weighted by Crippen LogP contribution is 2.24. The number of hydrogen-bond donors (Lipinski definition) is 0. The van der Waals surface area contributed by atoms with Crippen LogP contribution in [0.5, 0.6) is 11.5 Å². The van der Waals surface area contributed by atoms with E-state index in [-0.39, 0.29) is 11.8 Å². The van der Waals surface area contributed by atoms with Gasteiger partial charge in [-0.2, -0.15) is 0 Å². The summed E-state index contributed by atoms with van der Waals surface area (Å²) in [5, 5.41) is 0. The van der Waals surface area contributed by atoms with Crippen molar-refractivity contribution in [3.05, 3.63) is 83.9 Å².